The number of carbonyl (C=O) groups excluding carboxylic acids is 1. The van der Waals surface area contributed by atoms with Crippen molar-refractivity contribution in [3.63, 3.8) is 0 Å². The molecule has 0 aromatic heterocycles. The molecule has 0 radical (unpaired) electrons. The number of ether oxygens (including phenoxy) is 1. The highest BCUT2D eigenvalue weighted by molar-refractivity contribution is 5.78. The van der Waals surface area contributed by atoms with Crippen LogP contribution in [0.25, 0.3) is 0 Å². The third-order valence-corrected chi connectivity index (χ3v) is 3.07. The van der Waals surface area contributed by atoms with Crippen molar-refractivity contribution in [2.24, 2.45) is 0 Å². The second kappa shape index (κ2) is 7.84. The van der Waals surface area contributed by atoms with Gasteiger partial charge >= 0.3 is 5.97 Å². The average Bonchev–Trinajstić information content (AvgIpc) is 2.38. The lowest BCUT2D eigenvalue weighted by Crippen LogP contribution is -2.50. The van der Waals surface area contributed by atoms with Gasteiger partial charge in [-0.3, -0.25) is 9.59 Å². The lowest BCUT2D eigenvalue weighted by molar-refractivity contribution is -0.139. The monoisotopic (exact) mass is 315 g/mol. The molecule has 22 heavy (non-hydrogen) atoms. The van der Waals surface area contributed by atoms with Gasteiger partial charge in [-0.2, -0.15) is 0 Å². The molecule has 1 aromatic rings. The van der Waals surface area contributed by atoms with Crippen LogP contribution in [0.4, 0.5) is 8.78 Å². The number of aliphatic carboxylic acids is 1. The average molecular weight is 315 g/mol. The predicted octanol–water partition coefficient (Wildman–Crippen LogP) is 1.89. The van der Waals surface area contributed by atoms with E-state index in [9.17, 15) is 18.4 Å². The van der Waals surface area contributed by atoms with Crippen LogP contribution in [0.2, 0.25) is 0 Å². The van der Waals surface area contributed by atoms with Crippen molar-refractivity contribution in [3.8, 4) is 0 Å². The Morgan fingerprint density at radius 1 is 1.36 bits per heavy atom. The Morgan fingerprint density at radius 3 is 2.64 bits per heavy atom. The standard InChI is InChI=1S/C15H19F2NO4/c1-15(9-22-2,8-14(20)21)18-13(19)6-3-10-7-11(16)4-5-12(10)17/h4-5,7H,3,6,8-9H2,1-2H3,(H,18,19)(H,20,21). The van der Waals surface area contributed by atoms with Gasteiger partial charge in [0.1, 0.15) is 11.6 Å². The molecule has 122 valence electrons. The van der Waals surface area contributed by atoms with Crippen molar-refractivity contribution in [1.29, 1.82) is 0 Å². The maximum Gasteiger partial charge on any atom is 0.305 e. The first-order chi connectivity index (χ1) is 10.3. The number of carbonyl (C=O) groups is 2. The fourth-order valence-corrected chi connectivity index (χ4v) is 2.17. The van der Waals surface area contributed by atoms with Gasteiger partial charge in [0.25, 0.3) is 0 Å². The van der Waals surface area contributed by atoms with Gasteiger partial charge in [-0.05, 0) is 37.1 Å². The van der Waals surface area contributed by atoms with Gasteiger partial charge in [-0.15, -0.1) is 0 Å². The molecule has 2 N–H and O–H groups in total. The summed E-state index contributed by atoms with van der Waals surface area (Å²) in [5.74, 6) is -2.69. The second-order valence-corrected chi connectivity index (χ2v) is 5.35. The molecular formula is C15H19F2NO4. The van der Waals surface area contributed by atoms with Crippen LogP contribution >= 0.6 is 0 Å². The third-order valence-electron chi connectivity index (χ3n) is 3.07. The van der Waals surface area contributed by atoms with Gasteiger partial charge in [-0.25, -0.2) is 8.78 Å². The van der Waals surface area contributed by atoms with Gasteiger partial charge in [0, 0.05) is 13.5 Å². The Labute approximate surface area is 127 Å². The van der Waals surface area contributed by atoms with Crippen molar-refractivity contribution in [1.82, 2.24) is 5.32 Å². The number of carboxylic acids is 1. The summed E-state index contributed by atoms with van der Waals surface area (Å²) in [6.45, 7) is 1.57. The number of rotatable bonds is 8. The number of nitrogens with one attached hydrogen (secondary N) is 1. The van der Waals surface area contributed by atoms with E-state index in [2.05, 4.69) is 5.32 Å². The quantitative estimate of drug-likeness (QED) is 0.768. The minimum Gasteiger partial charge on any atom is -0.481 e. The van der Waals surface area contributed by atoms with Crippen LogP contribution in [0.15, 0.2) is 18.2 Å². The van der Waals surface area contributed by atoms with Gasteiger partial charge in [0.2, 0.25) is 5.91 Å². The van der Waals surface area contributed by atoms with Crippen LogP contribution in [0.5, 0.6) is 0 Å². The molecule has 7 heteroatoms. The van der Waals surface area contributed by atoms with Crippen LogP contribution in [-0.4, -0.2) is 36.2 Å². The molecule has 1 atom stereocenters. The van der Waals surface area contributed by atoms with E-state index in [1.807, 2.05) is 0 Å². The van der Waals surface area contributed by atoms with Crippen LogP contribution in [0.3, 0.4) is 0 Å². The first kappa shape index (κ1) is 18.0. The zero-order chi connectivity index (χ0) is 16.8. The topological polar surface area (TPSA) is 75.6 Å². The number of carboxylic acid groups (broad SMARTS) is 1. The number of amides is 1. The molecule has 5 nitrogen and oxygen atoms in total. The Hall–Kier alpha value is -2.02. The molecule has 0 aliphatic rings. The Bertz CT molecular complexity index is 550. The van der Waals surface area contributed by atoms with Crippen molar-refractivity contribution in [2.75, 3.05) is 13.7 Å². The summed E-state index contributed by atoms with van der Waals surface area (Å²) in [7, 11) is 1.40. The Balaban J connectivity index is 2.64. The highest BCUT2D eigenvalue weighted by atomic mass is 19.1. The van der Waals surface area contributed by atoms with E-state index < -0.39 is 29.0 Å². The molecular weight excluding hydrogens is 296 g/mol. The Kier molecular flexibility index (Phi) is 6.42. The minimum absolute atomic E-state index is 0.0194. The first-order valence-corrected chi connectivity index (χ1v) is 6.71. The van der Waals surface area contributed by atoms with E-state index in [1.165, 1.54) is 7.11 Å². The number of hydrogen-bond acceptors (Lipinski definition) is 3. The van der Waals surface area contributed by atoms with E-state index >= 15 is 0 Å². The smallest absolute Gasteiger partial charge is 0.305 e. The van der Waals surface area contributed by atoms with Crippen LogP contribution in [0, 0.1) is 11.6 Å². The molecule has 0 fully saturated rings. The van der Waals surface area contributed by atoms with E-state index in [1.54, 1.807) is 6.92 Å². The van der Waals surface area contributed by atoms with Crippen LogP contribution < -0.4 is 5.32 Å². The van der Waals surface area contributed by atoms with Crippen molar-refractivity contribution >= 4 is 11.9 Å². The van der Waals surface area contributed by atoms with Crippen LogP contribution in [0.1, 0.15) is 25.3 Å². The minimum atomic E-state index is -1.07. The molecule has 0 aliphatic carbocycles. The predicted molar refractivity (Wildman–Crippen MR) is 75.4 cm³/mol. The van der Waals surface area contributed by atoms with E-state index in [0.29, 0.717) is 0 Å². The van der Waals surface area contributed by atoms with Gasteiger partial charge in [0.15, 0.2) is 0 Å². The van der Waals surface area contributed by atoms with Crippen molar-refractivity contribution in [3.05, 3.63) is 35.4 Å². The number of aryl methyl sites for hydroxylation is 1. The molecule has 1 rings (SSSR count). The molecule has 0 spiro atoms. The van der Waals surface area contributed by atoms with Crippen molar-refractivity contribution in [2.45, 2.75) is 31.7 Å². The Morgan fingerprint density at radius 2 is 2.05 bits per heavy atom. The first-order valence-electron chi connectivity index (χ1n) is 6.71. The largest absolute Gasteiger partial charge is 0.481 e. The summed E-state index contributed by atoms with van der Waals surface area (Å²) < 4.78 is 31.4. The maximum atomic E-state index is 13.5. The zero-order valence-corrected chi connectivity index (χ0v) is 12.5. The summed E-state index contributed by atoms with van der Waals surface area (Å²) in [6, 6.07) is 3.04. The molecule has 0 bridgehead atoms. The lowest BCUT2D eigenvalue weighted by Gasteiger charge is -2.28. The second-order valence-electron chi connectivity index (χ2n) is 5.35. The molecule has 0 heterocycles. The fraction of sp³-hybridized carbons (Fsp3) is 0.467. The number of halogens is 2. The van der Waals surface area contributed by atoms with E-state index in [0.717, 1.165) is 18.2 Å². The molecule has 1 aromatic carbocycles. The zero-order valence-electron chi connectivity index (χ0n) is 12.5. The van der Waals surface area contributed by atoms with E-state index in [4.69, 9.17) is 9.84 Å². The summed E-state index contributed by atoms with van der Waals surface area (Å²) in [6.07, 6.45) is -0.369. The SMILES string of the molecule is COCC(C)(CC(=O)O)NC(=O)CCc1cc(F)ccc1F. The van der Waals surface area contributed by atoms with E-state index in [-0.39, 0.29) is 31.4 Å². The highest BCUT2D eigenvalue weighted by Gasteiger charge is 2.29. The normalized spacial score (nSPS) is 13.5. The molecule has 0 saturated carbocycles. The highest BCUT2D eigenvalue weighted by Crippen LogP contribution is 2.14. The van der Waals surface area contributed by atoms with Gasteiger partial charge in [0.05, 0.1) is 18.6 Å². The summed E-state index contributed by atoms with van der Waals surface area (Å²) in [5.41, 5.74) is -0.958. The number of methoxy groups -OCH3 is 1. The van der Waals surface area contributed by atoms with Gasteiger partial charge < -0.3 is 15.2 Å². The summed E-state index contributed by atoms with van der Waals surface area (Å²) >= 11 is 0. The maximum absolute atomic E-state index is 13.5. The third kappa shape index (κ3) is 5.77. The van der Waals surface area contributed by atoms with Gasteiger partial charge in [-0.1, -0.05) is 0 Å². The van der Waals surface area contributed by atoms with Crippen molar-refractivity contribution < 1.29 is 28.2 Å². The number of benzene rings is 1. The fourth-order valence-electron chi connectivity index (χ4n) is 2.17. The lowest BCUT2D eigenvalue weighted by atomic mass is 9.98. The molecule has 0 aliphatic heterocycles. The summed E-state index contributed by atoms with van der Waals surface area (Å²) in [5, 5.41) is 11.4. The van der Waals surface area contributed by atoms with Crippen LogP contribution in [-0.2, 0) is 20.7 Å². The molecule has 1 unspecified atom stereocenters. The molecule has 1 amide bonds. The molecule has 0 saturated heterocycles. The number of hydrogen-bond donors (Lipinski definition) is 2. The summed E-state index contributed by atoms with van der Waals surface area (Å²) in [4.78, 5) is 22.7.